The third-order valence-electron chi connectivity index (χ3n) is 2.62. The monoisotopic (exact) mass is 251 g/mol. The Kier molecular flexibility index (Phi) is 4.22. The Hall–Kier alpha value is -1.27. The molecular weight excluding hydrogens is 234 g/mol. The second-order valence-electron chi connectivity index (χ2n) is 4.00. The van der Waals surface area contributed by atoms with Crippen molar-refractivity contribution < 1.29 is 0 Å². The van der Waals surface area contributed by atoms with Gasteiger partial charge in [-0.1, -0.05) is 6.92 Å². The van der Waals surface area contributed by atoms with Crippen LogP contribution in [0.25, 0.3) is 0 Å². The molecule has 92 valence electrons. The Morgan fingerprint density at radius 2 is 2.41 bits per heavy atom. The first-order chi connectivity index (χ1) is 8.31. The van der Waals surface area contributed by atoms with E-state index in [1.165, 1.54) is 5.56 Å². The molecular formula is C11H17N5S. The van der Waals surface area contributed by atoms with Crippen LogP contribution in [0.5, 0.6) is 0 Å². The van der Waals surface area contributed by atoms with Crippen molar-refractivity contribution in [2.24, 2.45) is 0 Å². The quantitative estimate of drug-likeness (QED) is 0.848. The second-order valence-corrected chi connectivity index (χ2v) is 4.78. The molecule has 2 heterocycles. The zero-order valence-corrected chi connectivity index (χ0v) is 10.9. The highest BCUT2D eigenvalue weighted by Crippen LogP contribution is 2.16. The summed E-state index contributed by atoms with van der Waals surface area (Å²) in [6.45, 7) is 5.86. The van der Waals surface area contributed by atoms with Gasteiger partial charge in [0.1, 0.15) is 0 Å². The lowest BCUT2D eigenvalue weighted by atomic mass is 10.1. The van der Waals surface area contributed by atoms with Gasteiger partial charge in [-0.25, -0.2) is 4.68 Å². The van der Waals surface area contributed by atoms with Gasteiger partial charge in [0, 0.05) is 0 Å². The van der Waals surface area contributed by atoms with Gasteiger partial charge < -0.3 is 5.32 Å². The summed E-state index contributed by atoms with van der Waals surface area (Å²) in [4.78, 5) is 0. The van der Waals surface area contributed by atoms with Crippen molar-refractivity contribution in [2.75, 3.05) is 6.54 Å². The summed E-state index contributed by atoms with van der Waals surface area (Å²) in [5.74, 6) is 0.898. The van der Waals surface area contributed by atoms with Crippen LogP contribution in [0, 0.1) is 0 Å². The fraction of sp³-hybridized carbons (Fsp3) is 0.545. The van der Waals surface area contributed by atoms with E-state index in [1.54, 1.807) is 11.3 Å². The van der Waals surface area contributed by atoms with Crippen molar-refractivity contribution in [1.29, 1.82) is 0 Å². The van der Waals surface area contributed by atoms with Gasteiger partial charge >= 0.3 is 0 Å². The predicted molar refractivity (Wildman–Crippen MR) is 67.9 cm³/mol. The molecule has 2 aromatic rings. The SMILES string of the molecule is CCNCc1nnnn1C(C)Cc1ccsc1. The van der Waals surface area contributed by atoms with Crippen LogP contribution >= 0.6 is 11.3 Å². The molecule has 2 aromatic heterocycles. The van der Waals surface area contributed by atoms with Crippen LogP contribution < -0.4 is 5.32 Å². The molecule has 6 heteroatoms. The lowest BCUT2D eigenvalue weighted by molar-refractivity contribution is 0.450. The average molecular weight is 251 g/mol. The number of tetrazole rings is 1. The molecule has 1 N–H and O–H groups in total. The van der Waals surface area contributed by atoms with Crippen molar-refractivity contribution in [3.63, 3.8) is 0 Å². The fourth-order valence-corrected chi connectivity index (χ4v) is 2.43. The van der Waals surface area contributed by atoms with Crippen molar-refractivity contribution in [1.82, 2.24) is 25.5 Å². The first-order valence-electron chi connectivity index (χ1n) is 5.79. The summed E-state index contributed by atoms with van der Waals surface area (Å²) in [6, 6.07) is 2.43. The Balaban J connectivity index is 2.03. The molecule has 0 aliphatic rings. The molecule has 1 atom stereocenters. The van der Waals surface area contributed by atoms with E-state index in [1.807, 2.05) is 4.68 Å². The summed E-state index contributed by atoms with van der Waals surface area (Å²) >= 11 is 1.72. The van der Waals surface area contributed by atoms with Crippen LogP contribution in [0.15, 0.2) is 16.8 Å². The first kappa shape index (κ1) is 12.2. The lowest BCUT2D eigenvalue weighted by Crippen LogP contribution is -2.19. The minimum Gasteiger partial charge on any atom is -0.310 e. The van der Waals surface area contributed by atoms with Gasteiger partial charge in [0.25, 0.3) is 0 Å². The number of hydrogen-bond acceptors (Lipinski definition) is 5. The Morgan fingerprint density at radius 3 is 3.12 bits per heavy atom. The Bertz CT molecular complexity index is 436. The van der Waals surface area contributed by atoms with E-state index in [4.69, 9.17) is 0 Å². The predicted octanol–water partition coefficient (Wildman–Crippen LogP) is 1.65. The summed E-state index contributed by atoms with van der Waals surface area (Å²) < 4.78 is 1.90. The average Bonchev–Trinajstić information content (AvgIpc) is 2.96. The van der Waals surface area contributed by atoms with Gasteiger partial charge in [0.15, 0.2) is 5.82 Å². The molecule has 0 bridgehead atoms. The highest BCUT2D eigenvalue weighted by atomic mass is 32.1. The Morgan fingerprint density at radius 1 is 1.53 bits per heavy atom. The molecule has 0 aromatic carbocycles. The standard InChI is InChI=1S/C11H17N5S/c1-3-12-7-11-13-14-15-16(11)9(2)6-10-4-5-17-8-10/h4-5,8-9,12H,3,6-7H2,1-2H3. The van der Waals surface area contributed by atoms with Gasteiger partial charge in [-0.3, -0.25) is 0 Å². The Labute approximate surface area is 105 Å². The van der Waals surface area contributed by atoms with Crippen LogP contribution in [0.1, 0.15) is 31.3 Å². The second kappa shape index (κ2) is 5.88. The molecule has 0 spiro atoms. The van der Waals surface area contributed by atoms with E-state index >= 15 is 0 Å². The van der Waals surface area contributed by atoms with Crippen molar-refractivity contribution in [2.45, 2.75) is 32.9 Å². The van der Waals surface area contributed by atoms with E-state index in [0.717, 1.165) is 25.3 Å². The molecule has 0 radical (unpaired) electrons. The lowest BCUT2D eigenvalue weighted by Gasteiger charge is -2.12. The van der Waals surface area contributed by atoms with Crippen LogP contribution in [0.2, 0.25) is 0 Å². The molecule has 0 aliphatic heterocycles. The normalized spacial score (nSPS) is 12.8. The maximum absolute atomic E-state index is 4.07. The van der Waals surface area contributed by atoms with Crippen molar-refractivity contribution >= 4 is 11.3 Å². The zero-order chi connectivity index (χ0) is 12.1. The maximum atomic E-state index is 4.07. The molecule has 2 rings (SSSR count). The highest BCUT2D eigenvalue weighted by Gasteiger charge is 2.13. The molecule has 0 fully saturated rings. The number of nitrogens with zero attached hydrogens (tertiary/aromatic N) is 4. The van der Waals surface area contributed by atoms with E-state index in [9.17, 15) is 0 Å². The van der Waals surface area contributed by atoms with E-state index in [0.29, 0.717) is 0 Å². The molecule has 0 saturated carbocycles. The van der Waals surface area contributed by atoms with Gasteiger partial charge in [-0.05, 0) is 52.7 Å². The summed E-state index contributed by atoms with van der Waals surface area (Å²) in [7, 11) is 0. The molecule has 5 nitrogen and oxygen atoms in total. The number of thiophene rings is 1. The summed E-state index contributed by atoms with van der Waals surface area (Å²) in [6.07, 6.45) is 0.966. The minimum absolute atomic E-state index is 0.285. The van der Waals surface area contributed by atoms with Crippen LogP contribution in [-0.2, 0) is 13.0 Å². The first-order valence-corrected chi connectivity index (χ1v) is 6.74. The fourth-order valence-electron chi connectivity index (χ4n) is 1.74. The van der Waals surface area contributed by atoms with Gasteiger partial charge in [-0.15, -0.1) is 5.10 Å². The molecule has 0 saturated heterocycles. The maximum Gasteiger partial charge on any atom is 0.165 e. The van der Waals surface area contributed by atoms with Gasteiger partial charge in [-0.2, -0.15) is 11.3 Å². The summed E-state index contributed by atoms with van der Waals surface area (Å²) in [5, 5.41) is 19.4. The number of nitrogens with one attached hydrogen (secondary N) is 1. The molecule has 0 amide bonds. The smallest absolute Gasteiger partial charge is 0.165 e. The van der Waals surface area contributed by atoms with E-state index in [2.05, 4.69) is 51.5 Å². The third kappa shape index (κ3) is 3.10. The number of aromatic nitrogens is 4. The van der Waals surface area contributed by atoms with Crippen molar-refractivity contribution in [3.05, 3.63) is 28.2 Å². The van der Waals surface area contributed by atoms with E-state index in [-0.39, 0.29) is 6.04 Å². The number of hydrogen-bond donors (Lipinski definition) is 1. The largest absolute Gasteiger partial charge is 0.310 e. The van der Waals surface area contributed by atoms with E-state index < -0.39 is 0 Å². The van der Waals surface area contributed by atoms with Gasteiger partial charge in [0.05, 0.1) is 12.6 Å². The highest BCUT2D eigenvalue weighted by molar-refractivity contribution is 7.07. The molecule has 0 aliphatic carbocycles. The minimum atomic E-state index is 0.285. The van der Waals surface area contributed by atoms with Crippen LogP contribution in [-0.4, -0.2) is 26.8 Å². The third-order valence-corrected chi connectivity index (χ3v) is 3.35. The topological polar surface area (TPSA) is 55.6 Å². The van der Waals surface area contributed by atoms with Crippen LogP contribution in [0.3, 0.4) is 0 Å². The molecule has 17 heavy (non-hydrogen) atoms. The number of rotatable bonds is 6. The van der Waals surface area contributed by atoms with Crippen molar-refractivity contribution in [3.8, 4) is 0 Å². The molecule has 1 unspecified atom stereocenters. The zero-order valence-electron chi connectivity index (χ0n) is 10.1. The van der Waals surface area contributed by atoms with Gasteiger partial charge in [0.2, 0.25) is 0 Å². The summed E-state index contributed by atoms with van der Waals surface area (Å²) in [5.41, 5.74) is 1.34. The van der Waals surface area contributed by atoms with Crippen LogP contribution in [0.4, 0.5) is 0 Å².